The molecule has 1 aliphatic heterocycles. The third-order valence-corrected chi connectivity index (χ3v) is 5.78. The highest BCUT2D eigenvalue weighted by Gasteiger charge is 2.48. The fourth-order valence-electron chi connectivity index (χ4n) is 4.34. The SMILES string of the molecule is COC(=O)[C@@H]1C(=O)C2=C(C[C@H]1C)NC(C)=C(C(=O)OCCOC(C)C)[C@@H]2c1ccc(C)o1. The fourth-order valence-corrected chi connectivity index (χ4v) is 4.34. The third kappa shape index (κ3) is 4.65. The molecule has 0 amide bonds. The van der Waals surface area contributed by atoms with Gasteiger partial charge in [0.1, 0.15) is 24.0 Å². The average Bonchev–Trinajstić information content (AvgIpc) is 3.15. The molecule has 0 aromatic carbocycles. The van der Waals surface area contributed by atoms with Gasteiger partial charge in [-0.1, -0.05) is 6.92 Å². The molecular weight excluding hydrogens is 414 g/mol. The molecule has 0 saturated heterocycles. The largest absolute Gasteiger partial charge is 0.468 e. The zero-order chi connectivity index (χ0) is 23.6. The van der Waals surface area contributed by atoms with Crippen molar-refractivity contribution in [3.05, 3.63) is 46.2 Å². The van der Waals surface area contributed by atoms with Gasteiger partial charge in [-0.15, -0.1) is 0 Å². The number of carbonyl (C=O) groups excluding carboxylic acids is 3. The molecule has 3 rings (SSSR count). The Balaban J connectivity index is 2.00. The van der Waals surface area contributed by atoms with E-state index in [9.17, 15) is 14.4 Å². The second-order valence-electron chi connectivity index (χ2n) is 8.54. The van der Waals surface area contributed by atoms with Crippen LogP contribution in [0, 0.1) is 18.8 Å². The first-order valence-electron chi connectivity index (χ1n) is 10.8. The molecule has 2 heterocycles. The normalized spacial score (nSPS) is 23.2. The molecule has 8 nitrogen and oxygen atoms in total. The molecular formula is C24H31NO7. The van der Waals surface area contributed by atoms with E-state index in [1.165, 1.54) is 7.11 Å². The van der Waals surface area contributed by atoms with Crippen molar-refractivity contribution in [3.8, 4) is 0 Å². The maximum Gasteiger partial charge on any atom is 0.336 e. The Labute approximate surface area is 188 Å². The summed E-state index contributed by atoms with van der Waals surface area (Å²) in [5, 5.41) is 3.22. The van der Waals surface area contributed by atoms with Crippen molar-refractivity contribution in [1.82, 2.24) is 5.32 Å². The lowest BCUT2D eigenvalue weighted by Crippen LogP contribution is -2.43. The number of allylic oxidation sites excluding steroid dienone is 3. The quantitative estimate of drug-likeness (QED) is 0.388. The summed E-state index contributed by atoms with van der Waals surface area (Å²) in [4.78, 5) is 39.0. The Hall–Kier alpha value is -2.87. The first-order chi connectivity index (χ1) is 15.1. The van der Waals surface area contributed by atoms with Crippen molar-refractivity contribution in [1.29, 1.82) is 0 Å². The van der Waals surface area contributed by atoms with Gasteiger partial charge in [0, 0.05) is 17.0 Å². The van der Waals surface area contributed by atoms with E-state index in [-0.39, 0.29) is 36.6 Å². The third-order valence-electron chi connectivity index (χ3n) is 5.78. The summed E-state index contributed by atoms with van der Waals surface area (Å²) in [6.45, 7) is 9.55. The minimum Gasteiger partial charge on any atom is -0.468 e. The zero-order valence-corrected chi connectivity index (χ0v) is 19.4. The number of hydrogen-bond donors (Lipinski definition) is 1. The highest BCUT2D eigenvalue weighted by Crippen LogP contribution is 2.45. The fraction of sp³-hybridized carbons (Fsp3) is 0.542. The minimum absolute atomic E-state index is 0.0228. The standard InChI is InChI=1S/C24H31NO7/c1-12(2)30-9-10-31-24(28)19-15(5)25-16-11-13(3)18(23(27)29-6)22(26)20(16)21(19)17-8-7-14(4)32-17/h7-8,12-13,18,21,25H,9-11H2,1-6H3/t13-,18+,21+/m1/s1. The van der Waals surface area contributed by atoms with Gasteiger partial charge in [0.25, 0.3) is 0 Å². The first kappa shape index (κ1) is 23.8. The van der Waals surface area contributed by atoms with Crippen LogP contribution < -0.4 is 5.32 Å². The average molecular weight is 446 g/mol. The van der Waals surface area contributed by atoms with Crippen molar-refractivity contribution in [2.75, 3.05) is 20.3 Å². The van der Waals surface area contributed by atoms with Crippen molar-refractivity contribution < 1.29 is 33.0 Å². The number of nitrogens with one attached hydrogen (secondary N) is 1. The van der Waals surface area contributed by atoms with Crippen molar-refractivity contribution in [3.63, 3.8) is 0 Å². The number of furan rings is 1. The molecule has 1 aromatic rings. The van der Waals surface area contributed by atoms with Gasteiger partial charge in [-0.25, -0.2) is 4.79 Å². The van der Waals surface area contributed by atoms with Gasteiger partial charge >= 0.3 is 11.9 Å². The summed E-state index contributed by atoms with van der Waals surface area (Å²) in [6.07, 6.45) is 0.494. The van der Waals surface area contributed by atoms with E-state index in [1.54, 1.807) is 26.0 Å². The van der Waals surface area contributed by atoms with Gasteiger partial charge in [0.15, 0.2) is 5.78 Å². The molecule has 0 bridgehead atoms. The molecule has 174 valence electrons. The molecule has 1 aliphatic carbocycles. The van der Waals surface area contributed by atoms with Crippen molar-refractivity contribution in [2.45, 2.75) is 53.1 Å². The number of carbonyl (C=O) groups is 3. The van der Waals surface area contributed by atoms with E-state index in [4.69, 9.17) is 18.6 Å². The number of methoxy groups -OCH3 is 1. The number of dihydropyridines is 1. The van der Waals surface area contributed by atoms with Gasteiger partial charge in [-0.2, -0.15) is 0 Å². The first-order valence-corrected chi connectivity index (χ1v) is 10.8. The Morgan fingerprint density at radius 2 is 1.94 bits per heavy atom. The molecule has 8 heteroatoms. The van der Waals surface area contributed by atoms with Crippen LogP contribution in [0.25, 0.3) is 0 Å². The number of hydrogen-bond acceptors (Lipinski definition) is 8. The molecule has 32 heavy (non-hydrogen) atoms. The van der Waals surface area contributed by atoms with Crippen LogP contribution in [0.15, 0.2) is 39.1 Å². The second-order valence-corrected chi connectivity index (χ2v) is 8.54. The molecule has 1 aromatic heterocycles. The monoisotopic (exact) mass is 445 g/mol. The smallest absolute Gasteiger partial charge is 0.336 e. The Bertz CT molecular complexity index is 969. The Kier molecular flexibility index (Phi) is 7.23. The summed E-state index contributed by atoms with van der Waals surface area (Å²) in [5.74, 6) is -2.35. The topological polar surface area (TPSA) is 104 Å². The number of esters is 2. The molecule has 0 spiro atoms. The van der Waals surface area contributed by atoms with Crippen LogP contribution in [-0.2, 0) is 28.6 Å². The minimum atomic E-state index is -0.936. The Morgan fingerprint density at radius 1 is 1.22 bits per heavy atom. The zero-order valence-electron chi connectivity index (χ0n) is 19.4. The van der Waals surface area contributed by atoms with Crippen LogP contribution in [0.3, 0.4) is 0 Å². The van der Waals surface area contributed by atoms with Crippen LogP contribution >= 0.6 is 0 Å². The van der Waals surface area contributed by atoms with Gasteiger partial charge in [0.05, 0.1) is 31.3 Å². The van der Waals surface area contributed by atoms with Gasteiger partial charge in [-0.05, 0) is 52.2 Å². The number of Topliss-reactive ketones (excluding diaryl/α,β-unsaturated/α-hetero) is 1. The molecule has 0 radical (unpaired) electrons. The lowest BCUT2D eigenvalue weighted by atomic mass is 9.70. The summed E-state index contributed by atoms with van der Waals surface area (Å²) >= 11 is 0. The maximum absolute atomic E-state index is 13.5. The van der Waals surface area contributed by atoms with Crippen LogP contribution in [0.1, 0.15) is 51.6 Å². The van der Waals surface area contributed by atoms with Gasteiger partial charge in [-0.3, -0.25) is 9.59 Å². The van der Waals surface area contributed by atoms with E-state index in [0.717, 1.165) is 0 Å². The number of rotatable bonds is 7. The number of ether oxygens (including phenoxy) is 3. The lowest BCUT2D eigenvalue weighted by Gasteiger charge is -2.37. The second kappa shape index (κ2) is 9.73. The van der Waals surface area contributed by atoms with E-state index >= 15 is 0 Å². The Morgan fingerprint density at radius 3 is 2.53 bits per heavy atom. The maximum atomic E-state index is 13.5. The molecule has 3 atom stereocenters. The summed E-state index contributed by atoms with van der Waals surface area (Å²) in [5.41, 5.74) is 1.92. The lowest BCUT2D eigenvalue weighted by molar-refractivity contribution is -0.151. The molecule has 0 fully saturated rings. The van der Waals surface area contributed by atoms with Gasteiger partial charge in [0.2, 0.25) is 0 Å². The number of aryl methyl sites for hydroxylation is 1. The summed E-state index contributed by atoms with van der Waals surface area (Å²) in [6, 6.07) is 3.52. The van der Waals surface area contributed by atoms with Crippen molar-refractivity contribution in [2.24, 2.45) is 11.8 Å². The van der Waals surface area contributed by atoms with Crippen LogP contribution in [0.2, 0.25) is 0 Å². The number of ketones is 1. The molecule has 0 saturated carbocycles. The van der Waals surface area contributed by atoms with E-state index in [2.05, 4.69) is 5.32 Å². The molecule has 0 unspecified atom stereocenters. The van der Waals surface area contributed by atoms with Crippen LogP contribution in [0.5, 0.6) is 0 Å². The predicted octanol–water partition coefficient (Wildman–Crippen LogP) is 3.17. The van der Waals surface area contributed by atoms with Crippen LogP contribution in [-0.4, -0.2) is 44.1 Å². The van der Waals surface area contributed by atoms with E-state index in [1.807, 2.05) is 20.8 Å². The summed E-state index contributed by atoms with van der Waals surface area (Å²) in [7, 11) is 1.27. The molecule has 1 N–H and O–H groups in total. The van der Waals surface area contributed by atoms with E-state index < -0.39 is 23.8 Å². The van der Waals surface area contributed by atoms with Crippen LogP contribution in [0.4, 0.5) is 0 Å². The van der Waals surface area contributed by atoms with Crippen molar-refractivity contribution >= 4 is 17.7 Å². The highest BCUT2D eigenvalue weighted by atomic mass is 16.6. The van der Waals surface area contributed by atoms with E-state index in [0.29, 0.717) is 34.9 Å². The summed E-state index contributed by atoms with van der Waals surface area (Å²) < 4.78 is 21.7. The molecule has 2 aliphatic rings. The highest BCUT2D eigenvalue weighted by molar-refractivity contribution is 6.12. The van der Waals surface area contributed by atoms with Gasteiger partial charge < -0.3 is 23.9 Å². The predicted molar refractivity (Wildman–Crippen MR) is 115 cm³/mol.